The van der Waals surface area contributed by atoms with Gasteiger partial charge in [0.15, 0.2) is 5.54 Å². The summed E-state index contributed by atoms with van der Waals surface area (Å²) in [6, 6.07) is 6.29. The normalized spacial score (nSPS) is 37.1. The van der Waals surface area contributed by atoms with Gasteiger partial charge in [-0.1, -0.05) is 26.0 Å². The minimum absolute atomic E-state index is 0.0401. The predicted molar refractivity (Wildman–Crippen MR) is 97.1 cm³/mol. The Labute approximate surface area is 152 Å². The van der Waals surface area contributed by atoms with Crippen LogP contribution in [-0.4, -0.2) is 27.7 Å². The molecule has 2 saturated carbocycles. The zero-order valence-electron chi connectivity index (χ0n) is 15.6. The molecule has 1 aromatic carbocycles. The number of carbonyl (C=O) groups excluding carboxylic acids is 1. The minimum atomic E-state index is -0.975. The van der Waals surface area contributed by atoms with Crippen LogP contribution in [0.5, 0.6) is 0 Å². The number of rotatable bonds is 3. The molecule has 6 heteroatoms. The first-order valence-corrected chi connectivity index (χ1v) is 9.11. The fourth-order valence-electron chi connectivity index (χ4n) is 4.80. The Morgan fingerprint density at radius 1 is 1.19 bits per heavy atom. The molecule has 26 heavy (non-hydrogen) atoms. The van der Waals surface area contributed by atoms with Gasteiger partial charge in [0, 0.05) is 18.6 Å². The van der Waals surface area contributed by atoms with Gasteiger partial charge in [-0.05, 0) is 49.5 Å². The summed E-state index contributed by atoms with van der Waals surface area (Å²) in [7, 11) is 0. The van der Waals surface area contributed by atoms with Crippen molar-refractivity contribution in [2.45, 2.75) is 58.1 Å². The highest BCUT2D eigenvalue weighted by Crippen LogP contribution is 2.66. The summed E-state index contributed by atoms with van der Waals surface area (Å²) in [6.07, 6.45) is 2.11. The van der Waals surface area contributed by atoms with Gasteiger partial charge >= 0.3 is 5.97 Å². The number of hydrogen-bond donors (Lipinski definition) is 0. The summed E-state index contributed by atoms with van der Waals surface area (Å²) in [6.45, 7) is 8.34. The Morgan fingerprint density at radius 3 is 2.46 bits per heavy atom. The SMILES string of the molecule is CC1(C)[C@@H]2CC3=N[C@@](C)(Cc4ccc([N+](=O)[O-])cc4)C(=O)O[C@@]3(C)C[C@@H]21. The molecule has 0 spiro atoms. The molecular formula is C20H24N2O4. The molecular weight excluding hydrogens is 332 g/mol. The number of nitro benzene ring substituents is 1. The van der Waals surface area contributed by atoms with Crippen molar-refractivity contribution in [2.75, 3.05) is 0 Å². The van der Waals surface area contributed by atoms with Crippen LogP contribution in [0.2, 0.25) is 0 Å². The number of ether oxygens (including phenoxy) is 1. The van der Waals surface area contributed by atoms with Crippen LogP contribution >= 0.6 is 0 Å². The van der Waals surface area contributed by atoms with Crippen molar-refractivity contribution in [3.63, 3.8) is 0 Å². The summed E-state index contributed by atoms with van der Waals surface area (Å²) in [5, 5.41) is 10.8. The third-order valence-electron chi connectivity index (χ3n) is 6.76. The van der Waals surface area contributed by atoms with E-state index in [1.807, 2.05) is 6.92 Å². The largest absolute Gasteiger partial charge is 0.451 e. The van der Waals surface area contributed by atoms with E-state index in [1.165, 1.54) is 12.1 Å². The molecule has 0 aromatic heterocycles. The molecule has 0 amide bonds. The van der Waals surface area contributed by atoms with Gasteiger partial charge in [0.25, 0.3) is 5.69 Å². The van der Waals surface area contributed by atoms with Crippen LogP contribution in [0.25, 0.3) is 0 Å². The third kappa shape index (κ3) is 2.46. The van der Waals surface area contributed by atoms with Gasteiger partial charge in [-0.15, -0.1) is 0 Å². The quantitative estimate of drug-likeness (QED) is 0.469. The topological polar surface area (TPSA) is 81.8 Å². The number of aliphatic imine (C=N–C) groups is 1. The Morgan fingerprint density at radius 2 is 1.85 bits per heavy atom. The highest BCUT2D eigenvalue weighted by atomic mass is 16.6. The van der Waals surface area contributed by atoms with Gasteiger partial charge in [0.1, 0.15) is 5.60 Å². The van der Waals surface area contributed by atoms with E-state index in [-0.39, 0.29) is 11.7 Å². The van der Waals surface area contributed by atoms with Gasteiger partial charge in [-0.2, -0.15) is 0 Å². The highest BCUT2D eigenvalue weighted by molar-refractivity contribution is 6.01. The van der Waals surface area contributed by atoms with Crippen molar-refractivity contribution in [2.24, 2.45) is 22.2 Å². The Bertz CT molecular complexity index is 829. The number of nitro groups is 1. The third-order valence-corrected chi connectivity index (χ3v) is 6.76. The molecule has 3 aliphatic rings. The number of nitrogens with zero attached hydrogens (tertiary/aromatic N) is 2. The number of fused-ring (bicyclic) bond motifs is 2. The average Bonchev–Trinajstić information content (AvgIpc) is 3.06. The molecule has 0 saturated heterocycles. The van der Waals surface area contributed by atoms with Crippen molar-refractivity contribution in [1.82, 2.24) is 0 Å². The molecule has 1 aromatic rings. The van der Waals surface area contributed by atoms with E-state index in [1.54, 1.807) is 19.1 Å². The van der Waals surface area contributed by atoms with Gasteiger partial charge in [-0.25, -0.2) is 4.79 Å². The Kier molecular flexibility index (Phi) is 3.40. The molecule has 4 rings (SSSR count). The summed E-state index contributed by atoms with van der Waals surface area (Å²) in [5.74, 6) is 0.909. The molecule has 1 heterocycles. The maximum atomic E-state index is 12.8. The fourth-order valence-corrected chi connectivity index (χ4v) is 4.80. The second kappa shape index (κ2) is 5.15. The highest BCUT2D eigenvalue weighted by Gasteiger charge is 2.65. The average molecular weight is 356 g/mol. The smallest absolute Gasteiger partial charge is 0.334 e. The van der Waals surface area contributed by atoms with E-state index < -0.39 is 16.1 Å². The molecule has 0 radical (unpaired) electrons. The van der Waals surface area contributed by atoms with Gasteiger partial charge in [0.05, 0.1) is 10.6 Å². The molecule has 0 unspecified atom stereocenters. The fraction of sp³-hybridized carbons (Fsp3) is 0.600. The molecule has 0 bridgehead atoms. The summed E-state index contributed by atoms with van der Waals surface area (Å²) in [5.41, 5.74) is 0.608. The lowest BCUT2D eigenvalue weighted by Crippen LogP contribution is -2.55. The molecule has 1 aliphatic heterocycles. The number of hydrogen-bond acceptors (Lipinski definition) is 5. The molecule has 2 fully saturated rings. The van der Waals surface area contributed by atoms with Crippen molar-refractivity contribution < 1.29 is 14.5 Å². The van der Waals surface area contributed by atoms with Crippen molar-refractivity contribution in [3.8, 4) is 0 Å². The van der Waals surface area contributed by atoms with Gasteiger partial charge in [-0.3, -0.25) is 15.1 Å². The first-order chi connectivity index (χ1) is 12.1. The summed E-state index contributed by atoms with van der Waals surface area (Å²) < 4.78 is 5.94. The van der Waals surface area contributed by atoms with Crippen molar-refractivity contribution in [3.05, 3.63) is 39.9 Å². The number of carbonyl (C=O) groups is 1. The minimum Gasteiger partial charge on any atom is -0.451 e. The van der Waals surface area contributed by atoms with E-state index in [9.17, 15) is 14.9 Å². The predicted octanol–water partition coefficient (Wildman–Crippen LogP) is 3.72. The maximum Gasteiger partial charge on any atom is 0.334 e. The van der Waals surface area contributed by atoms with Crippen LogP contribution in [0, 0.1) is 27.4 Å². The summed E-state index contributed by atoms with van der Waals surface area (Å²) >= 11 is 0. The lowest BCUT2D eigenvalue weighted by atomic mass is 9.80. The molecule has 6 nitrogen and oxygen atoms in total. The molecule has 138 valence electrons. The number of benzene rings is 1. The van der Waals surface area contributed by atoms with E-state index >= 15 is 0 Å². The van der Waals surface area contributed by atoms with Crippen LogP contribution in [0.4, 0.5) is 5.69 Å². The monoisotopic (exact) mass is 356 g/mol. The lowest BCUT2D eigenvalue weighted by Gasteiger charge is -2.42. The Hall–Kier alpha value is -2.24. The zero-order valence-corrected chi connectivity index (χ0v) is 15.6. The zero-order chi connectivity index (χ0) is 18.9. The molecule has 0 N–H and O–H groups in total. The molecule has 2 aliphatic carbocycles. The number of esters is 1. The van der Waals surface area contributed by atoms with E-state index in [2.05, 4.69) is 13.8 Å². The van der Waals surface area contributed by atoms with Crippen LogP contribution in [0.15, 0.2) is 29.3 Å². The van der Waals surface area contributed by atoms with Crippen molar-refractivity contribution >= 4 is 17.4 Å². The van der Waals surface area contributed by atoms with Crippen molar-refractivity contribution in [1.29, 1.82) is 0 Å². The molecule has 4 atom stereocenters. The second-order valence-corrected chi connectivity index (χ2v) is 9.00. The maximum absolute atomic E-state index is 12.8. The lowest BCUT2D eigenvalue weighted by molar-refractivity contribution is -0.384. The van der Waals surface area contributed by atoms with E-state index in [4.69, 9.17) is 9.73 Å². The van der Waals surface area contributed by atoms with Crippen LogP contribution < -0.4 is 0 Å². The first-order valence-electron chi connectivity index (χ1n) is 9.11. The van der Waals surface area contributed by atoms with E-state index in [0.29, 0.717) is 23.7 Å². The van der Waals surface area contributed by atoms with E-state index in [0.717, 1.165) is 24.1 Å². The van der Waals surface area contributed by atoms with Crippen LogP contribution in [0.3, 0.4) is 0 Å². The van der Waals surface area contributed by atoms with Crippen LogP contribution in [-0.2, 0) is 16.0 Å². The van der Waals surface area contributed by atoms with Crippen LogP contribution in [0.1, 0.15) is 46.1 Å². The summed E-state index contributed by atoms with van der Waals surface area (Å²) in [4.78, 5) is 28.1. The van der Waals surface area contributed by atoms with Gasteiger partial charge < -0.3 is 4.74 Å². The first kappa shape index (κ1) is 17.2. The second-order valence-electron chi connectivity index (χ2n) is 9.00. The standard InChI is InChI=1S/C20H24N2O4/c1-18(2)14-9-16-20(4,11-15(14)18)26-17(23)19(3,21-16)10-12-5-7-13(8-6-12)22(24)25/h5-8,14-15H,9-11H2,1-4H3/t14-,15+,19+,20+/m1/s1. The Balaban J connectivity index is 1.62. The number of non-ortho nitro benzene ring substituents is 1. The van der Waals surface area contributed by atoms with Gasteiger partial charge in [0.2, 0.25) is 0 Å².